The Hall–Kier alpha value is 0.260. The quantitative estimate of drug-likeness (QED) is 0.643. The Morgan fingerprint density at radius 1 is 1.38 bits per heavy atom. The van der Waals surface area contributed by atoms with Crippen molar-refractivity contribution in [3.8, 4) is 0 Å². The molecule has 1 rings (SSSR count). The summed E-state index contributed by atoms with van der Waals surface area (Å²) in [5, 5.41) is 3.39. The second kappa shape index (κ2) is 6.26. The second-order valence-electron chi connectivity index (χ2n) is 4.80. The molecule has 16 heavy (non-hydrogen) atoms. The van der Waals surface area contributed by atoms with Crippen molar-refractivity contribution < 1.29 is 8.42 Å². The van der Waals surface area contributed by atoms with E-state index in [-0.39, 0.29) is 5.41 Å². The lowest BCUT2D eigenvalue weighted by molar-refractivity contribution is 0.492. The lowest BCUT2D eigenvalue weighted by Crippen LogP contribution is -2.30. The molecule has 0 aliphatic heterocycles. The molecule has 0 aromatic rings. The molecule has 0 atom stereocenters. The molecule has 0 amide bonds. The van der Waals surface area contributed by atoms with Gasteiger partial charge in [0.2, 0.25) is 0 Å². The van der Waals surface area contributed by atoms with Crippen LogP contribution in [0.1, 0.15) is 26.2 Å². The number of nitrogens with one attached hydrogen (secondary N) is 1. The van der Waals surface area contributed by atoms with Gasteiger partial charge >= 0.3 is 0 Å². The lowest BCUT2D eigenvalue weighted by Gasteiger charge is -2.14. The fourth-order valence-electron chi connectivity index (χ4n) is 1.90. The van der Waals surface area contributed by atoms with E-state index in [0.717, 1.165) is 25.9 Å². The van der Waals surface area contributed by atoms with Crippen LogP contribution in [0, 0.1) is 5.41 Å². The van der Waals surface area contributed by atoms with E-state index in [0.29, 0.717) is 5.75 Å². The number of thioether (sulfide) groups is 1. The summed E-state index contributed by atoms with van der Waals surface area (Å²) in [6, 6.07) is 0. The maximum Gasteiger partial charge on any atom is 0.148 e. The molecule has 0 heterocycles. The van der Waals surface area contributed by atoms with Gasteiger partial charge < -0.3 is 5.32 Å². The van der Waals surface area contributed by atoms with Crippen molar-refractivity contribution in [2.45, 2.75) is 26.2 Å². The van der Waals surface area contributed by atoms with E-state index in [1.54, 1.807) is 0 Å². The highest BCUT2D eigenvalue weighted by Gasteiger charge is 2.44. The van der Waals surface area contributed by atoms with Crippen LogP contribution in [-0.2, 0) is 9.84 Å². The van der Waals surface area contributed by atoms with E-state index >= 15 is 0 Å². The predicted octanol–water partition coefficient (Wildman–Crippen LogP) is 1.54. The first-order valence-corrected chi connectivity index (χ1v) is 9.15. The van der Waals surface area contributed by atoms with E-state index in [9.17, 15) is 8.42 Å². The van der Waals surface area contributed by atoms with Crippen molar-refractivity contribution in [2.24, 2.45) is 5.41 Å². The van der Waals surface area contributed by atoms with Gasteiger partial charge in [-0.25, -0.2) is 8.42 Å². The van der Waals surface area contributed by atoms with E-state index < -0.39 is 9.84 Å². The van der Waals surface area contributed by atoms with Gasteiger partial charge in [0.05, 0.1) is 5.75 Å². The van der Waals surface area contributed by atoms with E-state index in [1.807, 2.05) is 11.8 Å². The van der Waals surface area contributed by atoms with Crippen molar-refractivity contribution in [3.63, 3.8) is 0 Å². The first-order valence-electron chi connectivity index (χ1n) is 5.94. The molecular weight excluding hydrogens is 242 g/mol. The van der Waals surface area contributed by atoms with Gasteiger partial charge in [-0.1, -0.05) is 6.92 Å². The van der Waals surface area contributed by atoms with Crippen LogP contribution in [0.15, 0.2) is 0 Å². The van der Waals surface area contributed by atoms with Gasteiger partial charge in [0.15, 0.2) is 0 Å². The van der Waals surface area contributed by atoms with Gasteiger partial charge in [0.1, 0.15) is 9.84 Å². The number of rotatable bonds is 9. The second-order valence-corrected chi connectivity index (χ2v) is 8.33. The van der Waals surface area contributed by atoms with Crippen LogP contribution in [0.2, 0.25) is 0 Å². The van der Waals surface area contributed by atoms with Crippen molar-refractivity contribution in [1.82, 2.24) is 5.32 Å². The molecule has 3 nitrogen and oxygen atoms in total. The Kier molecular flexibility index (Phi) is 5.61. The zero-order valence-electron chi connectivity index (χ0n) is 10.3. The van der Waals surface area contributed by atoms with Crippen LogP contribution in [0.4, 0.5) is 0 Å². The van der Waals surface area contributed by atoms with Gasteiger partial charge in [-0.3, -0.25) is 0 Å². The minimum Gasteiger partial charge on any atom is -0.316 e. The lowest BCUT2D eigenvalue weighted by atomic mass is 10.1. The summed E-state index contributed by atoms with van der Waals surface area (Å²) in [6.07, 6.45) is 4.64. The summed E-state index contributed by atoms with van der Waals surface area (Å²) in [5.74, 6) is 2.73. The first kappa shape index (κ1) is 14.3. The van der Waals surface area contributed by atoms with Crippen LogP contribution >= 0.6 is 11.8 Å². The minimum absolute atomic E-state index is 0.0749. The zero-order chi connectivity index (χ0) is 12.1. The highest BCUT2D eigenvalue weighted by atomic mass is 32.2. The maximum absolute atomic E-state index is 11.2. The highest BCUT2D eigenvalue weighted by Crippen LogP contribution is 2.45. The Labute approximate surface area is 104 Å². The Balaban J connectivity index is 2.09. The molecule has 96 valence electrons. The largest absolute Gasteiger partial charge is 0.316 e. The van der Waals surface area contributed by atoms with Gasteiger partial charge in [-0.05, 0) is 42.7 Å². The predicted molar refractivity (Wildman–Crippen MR) is 71.9 cm³/mol. The fourth-order valence-corrected chi connectivity index (χ4v) is 4.04. The molecule has 0 radical (unpaired) electrons. The van der Waals surface area contributed by atoms with Gasteiger partial charge in [0.25, 0.3) is 0 Å². The summed E-state index contributed by atoms with van der Waals surface area (Å²) in [4.78, 5) is 0. The zero-order valence-corrected chi connectivity index (χ0v) is 11.9. The van der Waals surface area contributed by atoms with Crippen LogP contribution < -0.4 is 5.32 Å². The average molecular weight is 265 g/mol. The summed E-state index contributed by atoms with van der Waals surface area (Å²) in [6.45, 7) is 4.05. The molecule has 0 unspecified atom stereocenters. The molecule has 1 saturated carbocycles. The summed E-state index contributed by atoms with van der Waals surface area (Å²) in [5.41, 5.74) is 0.0749. The number of sulfone groups is 1. The summed E-state index contributed by atoms with van der Waals surface area (Å²) < 4.78 is 22.5. The number of hydrogen-bond donors (Lipinski definition) is 1. The third-order valence-corrected chi connectivity index (χ3v) is 4.99. The molecule has 0 saturated heterocycles. The fraction of sp³-hybridized carbons (Fsp3) is 1.00. The Bertz CT molecular complexity index is 297. The van der Waals surface area contributed by atoms with Crippen molar-refractivity contribution in [3.05, 3.63) is 0 Å². The van der Waals surface area contributed by atoms with Crippen LogP contribution in [-0.4, -0.2) is 45.0 Å². The molecule has 0 bridgehead atoms. The molecule has 5 heteroatoms. The molecule has 1 aliphatic rings. The van der Waals surface area contributed by atoms with E-state index in [2.05, 4.69) is 12.2 Å². The average Bonchev–Trinajstić information content (AvgIpc) is 2.89. The Morgan fingerprint density at radius 2 is 2.06 bits per heavy atom. The van der Waals surface area contributed by atoms with Crippen molar-refractivity contribution >= 4 is 21.6 Å². The van der Waals surface area contributed by atoms with Crippen molar-refractivity contribution in [2.75, 3.05) is 36.6 Å². The molecule has 1 N–H and O–H groups in total. The minimum atomic E-state index is -2.81. The third-order valence-electron chi connectivity index (χ3n) is 2.87. The first-order chi connectivity index (χ1) is 7.47. The van der Waals surface area contributed by atoms with E-state index in [4.69, 9.17) is 0 Å². The maximum atomic E-state index is 11.2. The smallest absolute Gasteiger partial charge is 0.148 e. The Morgan fingerprint density at radius 3 is 2.56 bits per heavy atom. The number of hydrogen-bond acceptors (Lipinski definition) is 4. The molecule has 0 spiro atoms. The SMILES string of the molecule is CCSCCCNCC1(CS(C)(=O)=O)CC1. The molecule has 1 aliphatic carbocycles. The highest BCUT2D eigenvalue weighted by molar-refractivity contribution is 7.99. The van der Waals surface area contributed by atoms with Crippen LogP contribution in [0.25, 0.3) is 0 Å². The topological polar surface area (TPSA) is 46.2 Å². The summed E-state index contributed by atoms with van der Waals surface area (Å²) >= 11 is 1.96. The molecule has 0 aromatic carbocycles. The standard InChI is InChI=1S/C11H23NO2S2/c1-3-15-8-4-7-12-9-11(5-6-11)10-16(2,13)14/h12H,3-10H2,1-2H3. The van der Waals surface area contributed by atoms with E-state index in [1.165, 1.54) is 24.2 Å². The van der Waals surface area contributed by atoms with Crippen molar-refractivity contribution in [1.29, 1.82) is 0 Å². The van der Waals surface area contributed by atoms with Gasteiger partial charge in [0, 0.05) is 12.8 Å². The van der Waals surface area contributed by atoms with Crippen LogP contribution in [0.5, 0.6) is 0 Å². The molecule has 0 aromatic heterocycles. The molecular formula is C11H23NO2S2. The molecule has 1 fully saturated rings. The monoisotopic (exact) mass is 265 g/mol. The van der Waals surface area contributed by atoms with Gasteiger partial charge in [-0.15, -0.1) is 0 Å². The van der Waals surface area contributed by atoms with Crippen LogP contribution in [0.3, 0.4) is 0 Å². The third kappa shape index (κ3) is 6.11. The van der Waals surface area contributed by atoms with Gasteiger partial charge in [-0.2, -0.15) is 11.8 Å². The summed E-state index contributed by atoms with van der Waals surface area (Å²) in [7, 11) is -2.81. The normalized spacial score (nSPS) is 18.6.